The van der Waals surface area contributed by atoms with Gasteiger partial charge in [0.25, 0.3) is 0 Å². The van der Waals surface area contributed by atoms with E-state index in [4.69, 9.17) is 5.73 Å². The standard InChI is InChI=1S/C13H19N3O/c1-16-8-4-5-10(9-16)13(17)15-12-7-3-2-6-11(12)14/h2-3,6-7,10H,4-5,8-9,14H2,1H3,(H,15,17)/t10-/m0/s1. The zero-order chi connectivity index (χ0) is 12.3. The average Bonchev–Trinajstić information content (AvgIpc) is 2.32. The van der Waals surface area contributed by atoms with E-state index in [2.05, 4.69) is 17.3 Å². The summed E-state index contributed by atoms with van der Waals surface area (Å²) in [6, 6.07) is 7.36. The number of nitrogens with two attached hydrogens (primary N) is 1. The summed E-state index contributed by atoms with van der Waals surface area (Å²) < 4.78 is 0. The molecular weight excluding hydrogens is 214 g/mol. The lowest BCUT2D eigenvalue weighted by molar-refractivity contribution is -0.121. The van der Waals surface area contributed by atoms with Crippen LogP contribution in [0.3, 0.4) is 0 Å². The third-order valence-electron chi connectivity index (χ3n) is 3.21. The number of hydrogen-bond donors (Lipinski definition) is 2. The van der Waals surface area contributed by atoms with Gasteiger partial charge in [-0.1, -0.05) is 12.1 Å². The average molecular weight is 233 g/mol. The van der Waals surface area contributed by atoms with Gasteiger partial charge in [-0.2, -0.15) is 0 Å². The molecule has 1 heterocycles. The van der Waals surface area contributed by atoms with Crippen LogP contribution in [0.1, 0.15) is 12.8 Å². The highest BCUT2D eigenvalue weighted by molar-refractivity contribution is 5.95. The smallest absolute Gasteiger partial charge is 0.228 e. The second kappa shape index (κ2) is 5.19. The van der Waals surface area contributed by atoms with Crippen LogP contribution in [0, 0.1) is 5.92 Å². The van der Waals surface area contributed by atoms with Crippen LogP contribution in [-0.4, -0.2) is 30.9 Å². The van der Waals surface area contributed by atoms with Gasteiger partial charge in [0.2, 0.25) is 5.91 Å². The Morgan fingerprint density at radius 1 is 1.47 bits per heavy atom. The van der Waals surface area contributed by atoms with Crippen molar-refractivity contribution in [2.45, 2.75) is 12.8 Å². The van der Waals surface area contributed by atoms with E-state index in [9.17, 15) is 4.79 Å². The number of piperidine rings is 1. The predicted octanol–water partition coefficient (Wildman–Crippen LogP) is 1.55. The van der Waals surface area contributed by atoms with Crippen molar-refractivity contribution in [1.82, 2.24) is 4.90 Å². The maximum Gasteiger partial charge on any atom is 0.228 e. The van der Waals surface area contributed by atoms with Crippen molar-refractivity contribution < 1.29 is 4.79 Å². The summed E-state index contributed by atoms with van der Waals surface area (Å²) in [6.07, 6.45) is 2.04. The minimum absolute atomic E-state index is 0.0772. The topological polar surface area (TPSA) is 58.4 Å². The first-order valence-electron chi connectivity index (χ1n) is 6.00. The van der Waals surface area contributed by atoms with Crippen LogP contribution in [0.15, 0.2) is 24.3 Å². The summed E-state index contributed by atoms with van der Waals surface area (Å²) in [4.78, 5) is 14.3. The molecule has 0 spiro atoms. The zero-order valence-electron chi connectivity index (χ0n) is 10.1. The fourth-order valence-corrected chi connectivity index (χ4v) is 2.23. The minimum atomic E-state index is 0.0772. The maximum atomic E-state index is 12.1. The number of likely N-dealkylation sites (tertiary alicyclic amines) is 1. The molecule has 17 heavy (non-hydrogen) atoms. The monoisotopic (exact) mass is 233 g/mol. The third kappa shape index (κ3) is 2.97. The molecule has 0 aliphatic carbocycles. The summed E-state index contributed by atoms with van der Waals surface area (Å²) in [5.74, 6) is 0.155. The van der Waals surface area contributed by atoms with Gasteiger partial charge in [0.1, 0.15) is 0 Å². The van der Waals surface area contributed by atoms with Gasteiger partial charge in [-0.3, -0.25) is 4.79 Å². The first-order valence-corrected chi connectivity index (χ1v) is 6.00. The SMILES string of the molecule is CN1CCC[C@H](C(=O)Nc2ccccc2N)C1. The molecule has 1 aliphatic heterocycles. The molecule has 0 bridgehead atoms. The molecule has 1 aromatic rings. The van der Waals surface area contributed by atoms with E-state index < -0.39 is 0 Å². The van der Waals surface area contributed by atoms with Gasteiger partial charge < -0.3 is 16.0 Å². The molecule has 3 N–H and O–H groups in total. The summed E-state index contributed by atoms with van der Waals surface area (Å²) in [5, 5.41) is 2.91. The van der Waals surface area contributed by atoms with Crippen LogP contribution in [0.4, 0.5) is 11.4 Å². The number of carbonyl (C=O) groups is 1. The molecule has 4 heteroatoms. The zero-order valence-corrected chi connectivity index (χ0v) is 10.1. The number of para-hydroxylation sites is 2. The molecule has 0 aromatic heterocycles. The van der Waals surface area contributed by atoms with Gasteiger partial charge in [-0.15, -0.1) is 0 Å². The van der Waals surface area contributed by atoms with Gasteiger partial charge in [0, 0.05) is 6.54 Å². The molecule has 0 saturated carbocycles. The second-order valence-corrected chi connectivity index (χ2v) is 4.68. The van der Waals surface area contributed by atoms with E-state index in [0.717, 1.165) is 25.9 Å². The van der Waals surface area contributed by atoms with E-state index >= 15 is 0 Å². The fraction of sp³-hybridized carbons (Fsp3) is 0.462. The van der Waals surface area contributed by atoms with Gasteiger partial charge in [0.15, 0.2) is 0 Å². The Hall–Kier alpha value is -1.55. The summed E-state index contributed by atoms with van der Waals surface area (Å²) in [7, 11) is 2.05. The predicted molar refractivity (Wildman–Crippen MR) is 69.7 cm³/mol. The Bertz CT molecular complexity index is 405. The number of benzene rings is 1. The highest BCUT2D eigenvalue weighted by Crippen LogP contribution is 2.21. The number of rotatable bonds is 2. The van der Waals surface area contributed by atoms with Crippen molar-refractivity contribution in [2.24, 2.45) is 5.92 Å². The number of carbonyl (C=O) groups excluding carboxylic acids is 1. The van der Waals surface area contributed by atoms with Gasteiger partial charge in [-0.25, -0.2) is 0 Å². The Labute approximate surface area is 102 Å². The lowest BCUT2D eigenvalue weighted by atomic mass is 9.97. The Morgan fingerprint density at radius 3 is 2.94 bits per heavy atom. The Kier molecular flexibility index (Phi) is 3.64. The minimum Gasteiger partial charge on any atom is -0.397 e. The summed E-state index contributed by atoms with van der Waals surface area (Å²) in [5.41, 5.74) is 7.13. The van der Waals surface area contributed by atoms with Gasteiger partial charge >= 0.3 is 0 Å². The summed E-state index contributed by atoms with van der Waals surface area (Å²) in [6.45, 7) is 1.91. The van der Waals surface area contributed by atoms with Crippen LogP contribution in [-0.2, 0) is 4.79 Å². The Morgan fingerprint density at radius 2 is 2.24 bits per heavy atom. The number of nitrogens with zero attached hydrogens (tertiary/aromatic N) is 1. The van der Waals surface area contributed by atoms with E-state index in [1.54, 1.807) is 6.07 Å². The van der Waals surface area contributed by atoms with Crippen molar-refractivity contribution in [1.29, 1.82) is 0 Å². The number of amides is 1. The van der Waals surface area contributed by atoms with E-state index in [1.165, 1.54) is 0 Å². The number of nitrogens with one attached hydrogen (secondary N) is 1. The molecule has 1 amide bonds. The van der Waals surface area contributed by atoms with Gasteiger partial charge in [0.05, 0.1) is 17.3 Å². The van der Waals surface area contributed by atoms with Crippen molar-refractivity contribution in [2.75, 3.05) is 31.2 Å². The van der Waals surface area contributed by atoms with Crippen LogP contribution in [0.25, 0.3) is 0 Å². The molecule has 1 saturated heterocycles. The van der Waals surface area contributed by atoms with Crippen molar-refractivity contribution >= 4 is 17.3 Å². The lowest BCUT2D eigenvalue weighted by Gasteiger charge is -2.28. The van der Waals surface area contributed by atoms with Crippen LogP contribution < -0.4 is 11.1 Å². The Balaban J connectivity index is 1.99. The highest BCUT2D eigenvalue weighted by atomic mass is 16.1. The van der Waals surface area contributed by atoms with Crippen molar-refractivity contribution in [3.8, 4) is 0 Å². The second-order valence-electron chi connectivity index (χ2n) is 4.68. The molecular formula is C13H19N3O. The van der Waals surface area contributed by atoms with Crippen molar-refractivity contribution in [3.05, 3.63) is 24.3 Å². The van der Waals surface area contributed by atoms with E-state index in [-0.39, 0.29) is 11.8 Å². The van der Waals surface area contributed by atoms with Gasteiger partial charge in [-0.05, 0) is 38.6 Å². The first kappa shape index (κ1) is 11.9. The molecule has 92 valence electrons. The van der Waals surface area contributed by atoms with Crippen molar-refractivity contribution in [3.63, 3.8) is 0 Å². The first-order chi connectivity index (χ1) is 8.16. The molecule has 1 fully saturated rings. The summed E-state index contributed by atoms with van der Waals surface area (Å²) >= 11 is 0. The quantitative estimate of drug-likeness (QED) is 0.762. The number of hydrogen-bond acceptors (Lipinski definition) is 3. The van der Waals surface area contributed by atoms with E-state index in [0.29, 0.717) is 11.4 Å². The fourth-order valence-electron chi connectivity index (χ4n) is 2.23. The third-order valence-corrected chi connectivity index (χ3v) is 3.21. The van der Waals surface area contributed by atoms with Crippen LogP contribution >= 0.6 is 0 Å². The van der Waals surface area contributed by atoms with Crippen LogP contribution in [0.5, 0.6) is 0 Å². The van der Waals surface area contributed by atoms with Crippen LogP contribution in [0.2, 0.25) is 0 Å². The molecule has 4 nitrogen and oxygen atoms in total. The van der Waals surface area contributed by atoms with E-state index in [1.807, 2.05) is 18.2 Å². The molecule has 1 aromatic carbocycles. The number of nitrogen functional groups attached to an aromatic ring is 1. The molecule has 1 aliphatic rings. The molecule has 2 rings (SSSR count). The molecule has 1 atom stereocenters. The molecule has 0 radical (unpaired) electrons. The maximum absolute atomic E-state index is 12.1. The normalized spacial score (nSPS) is 21.1. The molecule has 0 unspecified atom stereocenters. The largest absolute Gasteiger partial charge is 0.397 e. The highest BCUT2D eigenvalue weighted by Gasteiger charge is 2.24. The lowest BCUT2D eigenvalue weighted by Crippen LogP contribution is -2.38. The number of anilines is 2.